The average molecular weight is 257 g/mol. The van der Waals surface area contributed by atoms with Crippen LogP contribution in [0.2, 0.25) is 0 Å². The first-order valence-corrected chi connectivity index (χ1v) is 6.05. The second kappa shape index (κ2) is 5.40. The molecular weight excluding hydrogens is 240 g/mol. The number of alkyl halides is 1. The van der Waals surface area contributed by atoms with Crippen LogP contribution in [0.4, 0.5) is 0 Å². The Kier molecular flexibility index (Phi) is 4.46. The van der Waals surface area contributed by atoms with Crippen molar-refractivity contribution in [2.75, 3.05) is 5.33 Å². The minimum absolute atomic E-state index is 0.274. The van der Waals surface area contributed by atoms with Crippen LogP contribution in [-0.2, 0) is 0 Å². The van der Waals surface area contributed by atoms with Crippen LogP contribution in [-0.4, -0.2) is 11.4 Å². The molecule has 0 saturated heterocycles. The van der Waals surface area contributed by atoms with E-state index in [1.165, 1.54) is 11.1 Å². The van der Waals surface area contributed by atoms with Crippen LogP contribution in [0.5, 0.6) is 5.75 Å². The van der Waals surface area contributed by atoms with E-state index in [9.17, 15) is 0 Å². The predicted molar refractivity (Wildman–Crippen MR) is 64.4 cm³/mol. The molecule has 0 aromatic heterocycles. The molecule has 0 aliphatic rings. The van der Waals surface area contributed by atoms with Gasteiger partial charge in [0, 0.05) is 5.33 Å². The molecule has 0 heterocycles. The lowest BCUT2D eigenvalue weighted by Gasteiger charge is -2.14. The van der Waals surface area contributed by atoms with Gasteiger partial charge in [-0.15, -0.1) is 0 Å². The molecule has 2 heteroatoms. The number of aryl methyl sites for hydroxylation is 2. The molecule has 0 saturated carbocycles. The first-order chi connectivity index (χ1) is 6.61. The van der Waals surface area contributed by atoms with Gasteiger partial charge < -0.3 is 4.74 Å². The molecule has 0 spiro atoms. The number of hydrogen-bond donors (Lipinski definition) is 0. The molecule has 0 bridgehead atoms. The Morgan fingerprint density at radius 3 is 2.29 bits per heavy atom. The van der Waals surface area contributed by atoms with Crippen LogP contribution in [0.3, 0.4) is 0 Å². The van der Waals surface area contributed by atoms with Crippen molar-refractivity contribution >= 4 is 15.9 Å². The number of hydrogen-bond acceptors (Lipinski definition) is 1. The van der Waals surface area contributed by atoms with Gasteiger partial charge in [0.05, 0.1) is 6.10 Å². The third-order valence-electron chi connectivity index (χ3n) is 2.05. The lowest BCUT2D eigenvalue weighted by molar-refractivity contribution is 0.219. The number of halogens is 1. The summed E-state index contributed by atoms with van der Waals surface area (Å²) in [6.07, 6.45) is 1.31. The van der Waals surface area contributed by atoms with Crippen LogP contribution in [0.1, 0.15) is 24.5 Å². The van der Waals surface area contributed by atoms with E-state index in [-0.39, 0.29) is 6.10 Å². The van der Waals surface area contributed by atoms with Gasteiger partial charge in [0.25, 0.3) is 0 Å². The van der Waals surface area contributed by atoms with Crippen LogP contribution in [0, 0.1) is 13.8 Å². The summed E-state index contributed by atoms with van der Waals surface area (Å²) in [4.78, 5) is 0. The smallest absolute Gasteiger partial charge is 0.120 e. The molecule has 0 radical (unpaired) electrons. The van der Waals surface area contributed by atoms with Gasteiger partial charge in [-0.2, -0.15) is 0 Å². The molecule has 0 aliphatic carbocycles. The van der Waals surface area contributed by atoms with Crippen molar-refractivity contribution in [1.29, 1.82) is 0 Å². The number of ether oxygens (including phenoxy) is 1. The van der Waals surface area contributed by atoms with Gasteiger partial charge >= 0.3 is 0 Å². The van der Waals surface area contributed by atoms with Crippen molar-refractivity contribution in [2.45, 2.75) is 33.3 Å². The largest absolute Gasteiger partial charge is 0.491 e. The SMILES string of the molecule is Cc1cc(C)cc(OC(C)CCBr)c1. The van der Waals surface area contributed by atoms with Crippen molar-refractivity contribution in [2.24, 2.45) is 0 Å². The van der Waals surface area contributed by atoms with E-state index in [1.54, 1.807) is 0 Å². The van der Waals surface area contributed by atoms with Gasteiger partial charge in [-0.25, -0.2) is 0 Å². The predicted octanol–water partition coefficient (Wildman–Crippen LogP) is 3.86. The van der Waals surface area contributed by atoms with E-state index in [0.29, 0.717) is 0 Å². The highest BCUT2D eigenvalue weighted by atomic mass is 79.9. The quantitative estimate of drug-likeness (QED) is 0.744. The molecule has 1 rings (SSSR count). The highest BCUT2D eigenvalue weighted by Crippen LogP contribution is 2.18. The summed E-state index contributed by atoms with van der Waals surface area (Å²) >= 11 is 3.41. The second-order valence-electron chi connectivity index (χ2n) is 3.73. The maximum Gasteiger partial charge on any atom is 0.120 e. The number of benzene rings is 1. The van der Waals surface area contributed by atoms with Gasteiger partial charge in [-0.3, -0.25) is 0 Å². The van der Waals surface area contributed by atoms with Crippen LogP contribution < -0.4 is 4.74 Å². The fourth-order valence-electron chi connectivity index (χ4n) is 1.45. The molecule has 0 fully saturated rings. The molecule has 0 aliphatic heterocycles. The summed E-state index contributed by atoms with van der Waals surface area (Å²) in [5, 5.41) is 0.985. The van der Waals surface area contributed by atoms with E-state index in [0.717, 1.165) is 17.5 Å². The molecule has 78 valence electrons. The highest BCUT2D eigenvalue weighted by Gasteiger charge is 2.03. The first kappa shape index (κ1) is 11.6. The third kappa shape index (κ3) is 3.70. The summed E-state index contributed by atoms with van der Waals surface area (Å²) in [6, 6.07) is 6.32. The Bertz CT molecular complexity index is 276. The Morgan fingerprint density at radius 1 is 1.21 bits per heavy atom. The molecule has 1 atom stereocenters. The Balaban J connectivity index is 2.66. The molecule has 1 aromatic rings. The van der Waals surface area contributed by atoms with Crippen molar-refractivity contribution in [1.82, 2.24) is 0 Å². The van der Waals surface area contributed by atoms with Gasteiger partial charge in [-0.05, 0) is 50.5 Å². The normalized spacial score (nSPS) is 12.6. The molecule has 14 heavy (non-hydrogen) atoms. The lowest BCUT2D eigenvalue weighted by Crippen LogP contribution is -2.12. The highest BCUT2D eigenvalue weighted by molar-refractivity contribution is 9.09. The van der Waals surface area contributed by atoms with Gasteiger partial charge in [0.15, 0.2) is 0 Å². The molecule has 1 nitrogen and oxygen atoms in total. The van der Waals surface area contributed by atoms with E-state index >= 15 is 0 Å². The van der Waals surface area contributed by atoms with Crippen LogP contribution in [0.25, 0.3) is 0 Å². The Morgan fingerprint density at radius 2 is 1.79 bits per heavy atom. The first-order valence-electron chi connectivity index (χ1n) is 4.92. The number of rotatable bonds is 4. The van der Waals surface area contributed by atoms with Crippen LogP contribution >= 0.6 is 15.9 Å². The van der Waals surface area contributed by atoms with Crippen molar-refractivity contribution in [3.8, 4) is 5.75 Å². The van der Waals surface area contributed by atoms with Crippen molar-refractivity contribution in [3.05, 3.63) is 29.3 Å². The van der Waals surface area contributed by atoms with Gasteiger partial charge in [-0.1, -0.05) is 22.0 Å². The fraction of sp³-hybridized carbons (Fsp3) is 0.500. The van der Waals surface area contributed by atoms with Gasteiger partial charge in [0.2, 0.25) is 0 Å². The Hall–Kier alpha value is -0.500. The lowest BCUT2D eigenvalue weighted by atomic mass is 10.1. The topological polar surface area (TPSA) is 9.23 Å². The van der Waals surface area contributed by atoms with E-state index in [4.69, 9.17) is 4.74 Å². The molecule has 0 N–H and O–H groups in total. The fourth-order valence-corrected chi connectivity index (χ4v) is 2.09. The monoisotopic (exact) mass is 256 g/mol. The standard InChI is InChI=1S/C12H17BrO/c1-9-6-10(2)8-12(7-9)14-11(3)4-5-13/h6-8,11H,4-5H2,1-3H3. The molecule has 1 aromatic carbocycles. The molecular formula is C12H17BrO. The average Bonchev–Trinajstić information content (AvgIpc) is 2.01. The summed E-state index contributed by atoms with van der Waals surface area (Å²) in [5.74, 6) is 0.982. The van der Waals surface area contributed by atoms with Crippen molar-refractivity contribution in [3.63, 3.8) is 0 Å². The molecule has 1 unspecified atom stereocenters. The van der Waals surface area contributed by atoms with E-state index < -0.39 is 0 Å². The zero-order valence-electron chi connectivity index (χ0n) is 9.01. The van der Waals surface area contributed by atoms with Crippen LogP contribution in [0.15, 0.2) is 18.2 Å². The summed E-state index contributed by atoms with van der Waals surface area (Å²) in [7, 11) is 0. The van der Waals surface area contributed by atoms with Crippen molar-refractivity contribution < 1.29 is 4.74 Å². The second-order valence-corrected chi connectivity index (χ2v) is 4.52. The zero-order chi connectivity index (χ0) is 10.6. The minimum atomic E-state index is 0.274. The maximum absolute atomic E-state index is 5.79. The summed E-state index contributed by atoms with van der Waals surface area (Å²) in [6.45, 7) is 6.28. The minimum Gasteiger partial charge on any atom is -0.491 e. The maximum atomic E-state index is 5.79. The zero-order valence-corrected chi connectivity index (χ0v) is 10.6. The van der Waals surface area contributed by atoms with E-state index in [1.807, 2.05) is 0 Å². The van der Waals surface area contributed by atoms with Gasteiger partial charge in [0.1, 0.15) is 5.75 Å². The summed E-state index contributed by atoms with van der Waals surface area (Å²) in [5.41, 5.74) is 2.51. The molecule has 0 amide bonds. The summed E-state index contributed by atoms with van der Waals surface area (Å²) < 4.78 is 5.79. The Labute approximate surface area is 94.6 Å². The third-order valence-corrected chi connectivity index (χ3v) is 2.51. The van der Waals surface area contributed by atoms with E-state index in [2.05, 4.69) is 54.9 Å².